The minimum atomic E-state index is -0.193. The Labute approximate surface area is 221 Å². The van der Waals surface area contributed by atoms with Crippen molar-refractivity contribution in [2.75, 3.05) is 13.1 Å². The number of allylic oxidation sites excluding steroid dienone is 1. The van der Waals surface area contributed by atoms with Gasteiger partial charge < -0.3 is 4.98 Å². The van der Waals surface area contributed by atoms with Crippen LogP contribution in [0, 0.1) is 0 Å². The predicted molar refractivity (Wildman–Crippen MR) is 148 cm³/mol. The molecule has 1 N–H and O–H groups in total. The van der Waals surface area contributed by atoms with E-state index in [-0.39, 0.29) is 17.1 Å². The lowest BCUT2D eigenvalue weighted by Crippen LogP contribution is -2.44. The molecule has 184 valence electrons. The zero-order valence-corrected chi connectivity index (χ0v) is 21.6. The Morgan fingerprint density at radius 3 is 2.00 bits per heavy atom. The molecule has 0 spiro atoms. The number of likely N-dealkylation sites (tertiary alicyclic amines) is 1. The van der Waals surface area contributed by atoms with E-state index in [0.717, 1.165) is 59.9 Å². The SMILES string of the molecule is O=c1[nH]c2ccccc2n1C1CCN(C2C=CC(c3ccc(Cl)cc3)(c3ccc(Cl)cc3)CC2)CC1. The van der Waals surface area contributed by atoms with Crippen LogP contribution in [0.2, 0.25) is 10.0 Å². The first-order chi connectivity index (χ1) is 17.5. The highest BCUT2D eigenvalue weighted by atomic mass is 35.5. The van der Waals surface area contributed by atoms with Gasteiger partial charge in [0.05, 0.1) is 11.0 Å². The van der Waals surface area contributed by atoms with Crippen LogP contribution in [0.3, 0.4) is 0 Å². The number of nitrogens with zero attached hydrogens (tertiary/aromatic N) is 2. The second kappa shape index (κ2) is 9.59. The fraction of sp³-hybridized carbons (Fsp3) is 0.300. The molecule has 0 radical (unpaired) electrons. The van der Waals surface area contributed by atoms with Gasteiger partial charge in [-0.15, -0.1) is 0 Å². The molecule has 36 heavy (non-hydrogen) atoms. The van der Waals surface area contributed by atoms with Gasteiger partial charge in [0.25, 0.3) is 0 Å². The van der Waals surface area contributed by atoms with Crippen molar-refractivity contribution in [2.24, 2.45) is 0 Å². The summed E-state index contributed by atoms with van der Waals surface area (Å²) in [6.07, 6.45) is 8.82. The lowest BCUT2D eigenvalue weighted by Gasteiger charge is -2.42. The highest BCUT2D eigenvalue weighted by Gasteiger charge is 2.37. The smallest absolute Gasteiger partial charge is 0.306 e. The minimum absolute atomic E-state index is 0.00271. The normalized spacial score (nSPS) is 20.7. The summed E-state index contributed by atoms with van der Waals surface area (Å²) < 4.78 is 1.97. The van der Waals surface area contributed by atoms with Gasteiger partial charge >= 0.3 is 5.69 Å². The summed E-state index contributed by atoms with van der Waals surface area (Å²) in [5.74, 6) is 0. The summed E-state index contributed by atoms with van der Waals surface area (Å²) in [5, 5.41) is 1.50. The van der Waals surface area contributed by atoms with Crippen LogP contribution in [0.1, 0.15) is 42.9 Å². The second-order valence-electron chi connectivity index (χ2n) is 10.0. The number of H-pyrrole nitrogens is 1. The van der Waals surface area contributed by atoms with E-state index >= 15 is 0 Å². The number of nitrogens with one attached hydrogen (secondary N) is 1. The fourth-order valence-electron chi connectivity index (χ4n) is 6.19. The summed E-state index contributed by atoms with van der Waals surface area (Å²) >= 11 is 12.4. The van der Waals surface area contributed by atoms with Crippen LogP contribution in [-0.4, -0.2) is 33.6 Å². The van der Waals surface area contributed by atoms with E-state index in [1.54, 1.807) is 0 Å². The Bertz CT molecular complexity index is 1400. The van der Waals surface area contributed by atoms with Crippen molar-refractivity contribution >= 4 is 34.2 Å². The number of imidazole rings is 1. The highest BCUT2D eigenvalue weighted by Crippen LogP contribution is 2.43. The highest BCUT2D eigenvalue weighted by molar-refractivity contribution is 6.30. The molecule has 3 aromatic carbocycles. The van der Waals surface area contributed by atoms with E-state index < -0.39 is 0 Å². The van der Waals surface area contributed by atoms with Gasteiger partial charge in [0.15, 0.2) is 0 Å². The van der Waals surface area contributed by atoms with Crippen LogP contribution < -0.4 is 5.69 Å². The molecular formula is C30H29Cl2N3O. The van der Waals surface area contributed by atoms with Crippen molar-refractivity contribution in [3.8, 4) is 0 Å². The van der Waals surface area contributed by atoms with Gasteiger partial charge in [-0.25, -0.2) is 4.79 Å². The van der Waals surface area contributed by atoms with Crippen LogP contribution >= 0.6 is 23.2 Å². The topological polar surface area (TPSA) is 41.0 Å². The first-order valence-electron chi connectivity index (χ1n) is 12.7. The Kier molecular flexibility index (Phi) is 6.28. The number of halogens is 2. The zero-order chi connectivity index (χ0) is 24.7. The number of piperidine rings is 1. The number of benzene rings is 3. The third-order valence-electron chi connectivity index (χ3n) is 8.11. The maximum absolute atomic E-state index is 12.7. The summed E-state index contributed by atoms with van der Waals surface area (Å²) in [4.78, 5) is 18.3. The molecule has 2 heterocycles. The van der Waals surface area contributed by atoms with Gasteiger partial charge in [0.2, 0.25) is 0 Å². The van der Waals surface area contributed by atoms with E-state index in [9.17, 15) is 4.79 Å². The first kappa shape index (κ1) is 23.6. The quantitative estimate of drug-likeness (QED) is 0.296. The molecule has 6 rings (SSSR count). The van der Waals surface area contributed by atoms with Crippen LogP contribution in [-0.2, 0) is 5.41 Å². The van der Waals surface area contributed by atoms with Crippen molar-refractivity contribution in [3.63, 3.8) is 0 Å². The summed E-state index contributed by atoms with van der Waals surface area (Å²) in [6.45, 7) is 1.97. The van der Waals surface area contributed by atoms with E-state index in [4.69, 9.17) is 23.2 Å². The standard InChI is InChI=1S/C30H29Cl2N3O/c31-23-9-5-21(6-10-23)30(22-7-11-24(32)12-8-22)17-13-25(14-18-30)34-19-15-26(16-20-34)35-28-4-2-1-3-27(28)33-29(35)36/h1-13,17,25-26H,14-16,18-20H2,(H,33,36). The van der Waals surface area contributed by atoms with Crippen molar-refractivity contribution in [1.82, 2.24) is 14.5 Å². The third kappa shape index (κ3) is 4.21. The molecule has 1 aliphatic carbocycles. The monoisotopic (exact) mass is 517 g/mol. The van der Waals surface area contributed by atoms with Crippen LogP contribution in [0.5, 0.6) is 0 Å². The van der Waals surface area contributed by atoms with E-state index in [1.807, 2.05) is 53.1 Å². The van der Waals surface area contributed by atoms with E-state index in [0.29, 0.717) is 6.04 Å². The lowest BCUT2D eigenvalue weighted by atomic mass is 9.68. The number of hydrogen-bond donors (Lipinski definition) is 1. The molecule has 6 heteroatoms. The summed E-state index contributed by atoms with van der Waals surface area (Å²) in [6, 6.07) is 25.1. The van der Waals surface area contributed by atoms with Gasteiger partial charge in [-0.05, 0) is 73.2 Å². The van der Waals surface area contributed by atoms with Crippen molar-refractivity contribution < 1.29 is 0 Å². The molecule has 1 atom stereocenters. The molecule has 0 bridgehead atoms. The van der Waals surface area contributed by atoms with Gasteiger partial charge in [0.1, 0.15) is 0 Å². The zero-order valence-electron chi connectivity index (χ0n) is 20.0. The number of aromatic amines is 1. The fourth-order valence-corrected chi connectivity index (χ4v) is 6.44. The third-order valence-corrected chi connectivity index (χ3v) is 8.62. The number of rotatable bonds is 4. The van der Waals surface area contributed by atoms with Crippen molar-refractivity contribution in [2.45, 2.75) is 43.2 Å². The maximum atomic E-state index is 12.7. The molecule has 1 saturated heterocycles. The van der Waals surface area contributed by atoms with Crippen LogP contribution in [0.25, 0.3) is 11.0 Å². The molecule has 1 aromatic heterocycles. The number of fused-ring (bicyclic) bond motifs is 1. The average Bonchev–Trinajstić information content (AvgIpc) is 3.25. The largest absolute Gasteiger partial charge is 0.326 e. The molecular weight excluding hydrogens is 489 g/mol. The minimum Gasteiger partial charge on any atom is -0.306 e. The Morgan fingerprint density at radius 1 is 0.806 bits per heavy atom. The number of aromatic nitrogens is 2. The molecule has 4 nitrogen and oxygen atoms in total. The molecule has 1 unspecified atom stereocenters. The Morgan fingerprint density at radius 2 is 1.42 bits per heavy atom. The summed E-state index contributed by atoms with van der Waals surface area (Å²) in [5.41, 5.74) is 4.24. The van der Waals surface area contributed by atoms with Gasteiger partial charge in [-0.2, -0.15) is 0 Å². The Hall–Kier alpha value is -2.79. The molecule has 4 aromatic rings. The molecule has 2 aliphatic rings. The Balaban J connectivity index is 1.22. The molecule has 1 aliphatic heterocycles. The maximum Gasteiger partial charge on any atom is 0.326 e. The number of para-hydroxylation sites is 2. The van der Waals surface area contributed by atoms with Crippen molar-refractivity contribution in [1.29, 1.82) is 0 Å². The predicted octanol–water partition coefficient (Wildman–Crippen LogP) is 6.98. The molecule has 0 saturated carbocycles. The van der Waals surface area contributed by atoms with E-state index in [1.165, 1.54) is 11.1 Å². The van der Waals surface area contributed by atoms with Gasteiger partial charge in [0, 0.05) is 40.6 Å². The first-order valence-corrected chi connectivity index (χ1v) is 13.4. The van der Waals surface area contributed by atoms with Crippen LogP contribution in [0.4, 0.5) is 0 Å². The lowest BCUT2D eigenvalue weighted by molar-refractivity contribution is 0.144. The van der Waals surface area contributed by atoms with Crippen LogP contribution in [0.15, 0.2) is 89.7 Å². The molecule has 0 amide bonds. The van der Waals surface area contributed by atoms with E-state index in [2.05, 4.69) is 46.3 Å². The molecule has 1 fully saturated rings. The van der Waals surface area contributed by atoms with Crippen molar-refractivity contribution in [3.05, 3.63) is 117 Å². The number of hydrogen-bond acceptors (Lipinski definition) is 2. The summed E-state index contributed by atoms with van der Waals surface area (Å²) in [7, 11) is 0. The second-order valence-corrected chi connectivity index (χ2v) is 10.9. The van der Waals surface area contributed by atoms with Gasteiger partial charge in [-0.1, -0.05) is 71.8 Å². The average molecular weight is 518 g/mol. The van der Waals surface area contributed by atoms with Gasteiger partial charge in [-0.3, -0.25) is 9.47 Å².